The van der Waals surface area contributed by atoms with E-state index < -0.39 is 5.69 Å². The highest BCUT2D eigenvalue weighted by Crippen LogP contribution is 2.03. The van der Waals surface area contributed by atoms with E-state index in [0.717, 1.165) is 4.57 Å². The number of H-pyrrole nitrogens is 1. The van der Waals surface area contributed by atoms with Crippen molar-refractivity contribution in [2.24, 2.45) is 0 Å². The number of rotatable bonds is 0. The zero-order valence-electron chi connectivity index (χ0n) is 5.98. The summed E-state index contributed by atoms with van der Waals surface area (Å²) in [4.78, 5) is 17.3. The third-order valence-corrected chi connectivity index (χ3v) is 1.56. The molecule has 2 heterocycles. The summed E-state index contributed by atoms with van der Waals surface area (Å²) in [5.74, 6) is 0. The van der Waals surface area contributed by atoms with Crippen LogP contribution in [0.5, 0.6) is 0 Å². The second-order valence-corrected chi connectivity index (χ2v) is 2.24. The van der Waals surface area contributed by atoms with Crippen LogP contribution in [0.25, 0.3) is 11.2 Å². The van der Waals surface area contributed by atoms with Crippen molar-refractivity contribution in [2.75, 3.05) is 0 Å². The molecule has 0 radical (unpaired) electrons. The van der Waals surface area contributed by atoms with Gasteiger partial charge in [0, 0.05) is 6.20 Å². The van der Waals surface area contributed by atoms with Crippen LogP contribution in [0.4, 0.5) is 0 Å². The number of hydrogen-bond acceptors (Lipinski definition) is 3. The fourth-order valence-electron chi connectivity index (χ4n) is 1.04. The average Bonchev–Trinajstić information content (AvgIpc) is 2.40. The van der Waals surface area contributed by atoms with Crippen molar-refractivity contribution in [2.45, 2.75) is 0 Å². The van der Waals surface area contributed by atoms with Gasteiger partial charge in [0.1, 0.15) is 5.52 Å². The van der Waals surface area contributed by atoms with Gasteiger partial charge >= 0.3 is 5.69 Å². The van der Waals surface area contributed by atoms with Gasteiger partial charge in [0.25, 0.3) is 0 Å². The van der Waals surface area contributed by atoms with Crippen LogP contribution in [-0.4, -0.2) is 14.5 Å². The number of imidazole rings is 1. The van der Waals surface area contributed by atoms with Crippen LogP contribution in [0.1, 0.15) is 0 Å². The standard InChI is InChI=1S/C7H4N4O/c8-4-11-5-2-1-3-9-6(5)10-7(11)12/h1-3H,(H,9,10,12). The lowest BCUT2D eigenvalue weighted by atomic mass is 10.4. The average molecular weight is 160 g/mol. The fraction of sp³-hybridized carbons (Fsp3) is 0. The van der Waals surface area contributed by atoms with Gasteiger partial charge in [-0.25, -0.2) is 9.78 Å². The van der Waals surface area contributed by atoms with E-state index in [4.69, 9.17) is 5.26 Å². The van der Waals surface area contributed by atoms with Gasteiger partial charge in [0.2, 0.25) is 0 Å². The Hall–Kier alpha value is -2.09. The highest BCUT2D eigenvalue weighted by atomic mass is 16.1. The smallest absolute Gasteiger partial charge is 0.289 e. The van der Waals surface area contributed by atoms with Crippen molar-refractivity contribution in [1.29, 1.82) is 5.26 Å². The lowest BCUT2D eigenvalue weighted by Gasteiger charge is -1.86. The summed E-state index contributed by atoms with van der Waals surface area (Å²) in [6, 6.07) is 3.33. The van der Waals surface area contributed by atoms with Gasteiger partial charge in [-0.2, -0.15) is 9.83 Å². The summed E-state index contributed by atoms with van der Waals surface area (Å²) >= 11 is 0. The van der Waals surface area contributed by atoms with Gasteiger partial charge in [-0.3, -0.25) is 4.98 Å². The summed E-state index contributed by atoms with van der Waals surface area (Å²) in [6.45, 7) is 0. The van der Waals surface area contributed by atoms with Gasteiger partial charge in [-0.05, 0) is 12.1 Å². The van der Waals surface area contributed by atoms with E-state index in [1.54, 1.807) is 24.5 Å². The van der Waals surface area contributed by atoms with Crippen LogP contribution in [0, 0.1) is 11.5 Å². The largest absolute Gasteiger partial charge is 0.341 e. The highest BCUT2D eigenvalue weighted by Gasteiger charge is 2.04. The first kappa shape index (κ1) is 6.61. The maximum absolute atomic E-state index is 11.0. The first-order valence-electron chi connectivity index (χ1n) is 3.29. The van der Waals surface area contributed by atoms with E-state index in [1.807, 2.05) is 0 Å². The quantitative estimate of drug-likeness (QED) is 0.591. The Kier molecular flexibility index (Phi) is 1.21. The molecule has 58 valence electrons. The summed E-state index contributed by atoms with van der Waals surface area (Å²) in [7, 11) is 0. The second kappa shape index (κ2) is 2.20. The predicted molar refractivity (Wildman–Crippen MR) is 41.4 cm³/mol. The Morgan fingerprint density at radius 3 is 3.25 bits per heavy atom. The fourth-order valence-corrected chi connectivity index (χ4v) is 1.04. The van der Waals surface area contributed by atoms with Crippen molar-refractivity contribution in [3.8, 4) is 6.19 Å². The zero-order valence-corrected chi connectivity index (χ0v) is 5.98. The molecule has 0 aliphatic carbocycles. The molecule has 0 amide bonds. The molecule has 12 heavy (non-hydrogen) atoms. The predicted octanol–water partition coefficient (Wildman–Crippen LogP) is 0.0538. The number of aromatic nitrogens is 3. The molecule has 0 saturated heterocycles. The molecule has 0 bridgehead atoms. The van der Waals surface area contributed by atoms with Crippen molar-refractivity contribution < 1.29 is 0 Å². The van der Waals surface area contributed by atoms with Gasteiger partial charge in [0.15, 0.2) is 11.8 Å². The minimum absolute atomic E-state index is 0.434. The number of nitriles is 1. The Morgan fingerprint density at radius 1 is 1.67 bits per heavy atom. The first-order chi connectivity index (χ1) is 5.83. The van der Waals surface area contributed by atoms with E-state index >= 15 is 0 Å². The number of nitrogens with zero attached hydrogens (tertiary/aromatic N) is 3. The van der Waals surface area contributed by atoms with Crippen molar-refractivity contribution in [3.05, 3.63) is 28.8 Å². The maximum atomic E-state index is 11.0. The molecule has 0 unspecified atom stereocenters. The number of pyridine rings is 1. The zero-order chi connectivity index (χ0) is 8.55. The maximum Gasteiger partial charge on any atom is 0.341 e. The molecule has 0 fully saturated rings. The Balaban J connectivity index is 3.03. The molecule has 0 spiro atoms. The monoisotopic (exact) mass is 160 g/mol. The van der Waals surface area contributed by atoms with Gasteiger partial charge in [-0.15, -0.1) is 0 Å². The summed E-state index contributed by atoms with van der Waals surface area (Å²) in [6.07, 6.45) is 3.31. The molecule has 2 aromatic rings. The van der Waals surface area contributed by atoms with Crippen LogP contribution >= 0.6 is 0 Å². The van der Waals surface area contributed by atoms with Crippen molar-refractivity contribution in [3.63, 3.8) is 0 Å². The molecular weight excluding hydrogens is 156 g/mol. The van der Waals surface area contributed by atoms with Crippen molar-refractivity contribution in [1.82, 2.24) is 14.5 Å². The number of fused-ring (bicyclic) bond motifs is 1. The van der Waals surface area contributed by atoms with Gasteiger partial charge < -0.3 is 0 Å². The molecule has 1 N–H and O–H groups in total. The molecule has 0 aliphatic rings. The van der Waals surface area contributed by atoms with Gasteiger partial charge in [-0.1, -0.05) is 0 Å². The van der Waals surface area contributed by atoms with E-state index in [1.165, 1.54) is 0 Å². The number of hydrogen-bond donors (Lipinski definition) is 1. The molecule has 5 nitrogen and oxygen atoms in total. The Labute approximate surface area is 66.9 Å². The summed E-state index contributed by atoms with van der Waals surface area (Å²) in [5, 5.41) is 8.57. The van der Waals surface area contributed by atoms with E-state index in [9.17, 15) is 4.79 Å². The molecule has 0 saturated carbocycles. The lowest BCUT2D eigenvalue weighted by Crippen LogP contribution is -2.11. The number of nitrogens with one attached hydrogen (secondary N) is 1. The van der Waals surface area contributed by atoms with Crippen LogP contribution in [0.3, 0.4) is 0 Å². The highest BCUT2D eigenvalue weighted by molar-refractivity contribution is 5.71. The molecule has 2 rings (SSSR count). The molecule has 2 aromatic heterocycles. The molecular formula is C7H4N4O. The Morgan fingerprint density at radius 2 is 2.50 bits per heavy atom. The normalized spacial score (nSPS) is 9.92. The lowest BCUT2D eigenvalue weighted by molar-refractivity contribution is 1.03. The second-order valence-electron chi connectivity index (χ2n) is 2.24. The first-order valence-corrected chi connectivity index (χ1v) is 3.29. The minimum Gasteiger partial charge on any atom is -0.289 e. The SMILES string of the molecule is N#Cn1c(=O)[nH]c2ncccc21. The molecule has 0 aliphatic heterocycles. The molecule has 5 heteroatoms. The van der Waals surface area contributed by atoms with Crippen LogP contribution in [0.15, 0.2) is 23.1 Å². The van der Waals surface area contributed by atoms with Crippen LogP contribution in [0.2, 0.25) is 0 Å². The van der Waals surface area contributed by atoms with Crippen LogP contribution in [-0.2, 0) is 0 Å². The third kappa shape index (κ3) is 0.720. The van der Waals surface area contributed by atoms with E-state index in [2.05, 4.69) is 9.97 Å². The summed E-state index contributed by atoms with van der Waals surface area (Å²) in [5.41, 5.74) is 0.486. The summed E-state index contributed by atoms with van der Waals surface area (Å²) < 4.78 is 0.961. The third-order valence-electron chi connectivity index (χ3n) is 1.56. The topological polar surface area (TPSA) is 74.5 Å². The van der Waals surface area contributed by atoms with Gasteiger partial charge in [0.05, 0.1) is 0 Å². The molecule has 0 aromatic carbocycles. The molecule has 0 atom stereocenters. The van der Waals surface area contributed by atoms with E-state index in [0.29, 0.717) is 11.2 Å². The van der Waals surface area contributed by atoms with E-state index in [-0.39, 0.29) is 0 Å². The number of aromatic amines is 1. The van der Waals surface area contributed by atoms with Crippen molar-refractivity contribution >= 4 is 11.2 Å². The van der Waals surface area contributed by atoms with Crippen LogP contribution < -0.4 is 5.69 Å². The Bertz CT molecular complexity index is 516. The minimum atomic E-state index is -0.453.